The first-order valence-corrected chi connectivity index (χ1v) is 5.86. The number of rotatable bonds is 3. The van der Waals surface area contributed by atoms with Crippen molar-refractivity contribution in [3.8, 4) is 0 Å². The fraction of sp³-hybridized carbons (Fsp3) is 0.556. The van der Waals surface area contributed by atoms with E-state index in [9.17, 15) is 4.79 Å². The van der Waals surface area contributed by atoms with Crippen molar-refractivity contribution in [2.45, 2.75) is 0 Å². The van der Waals surface area contributed by atoms with Gasteiger partial charge in [-0.1, -0.05) is 0 Å². The topological polar surface area (TPSA) is 57.3 Å². The molecule has 1 amide bonds. The van der Waals surface area contributed by atoms with Crippen LogP contribution in [0.4, 0.5) is 5.13 Å². The van der Waals surface area contributed by atoms with Crippen LogP contribution in [0.2, 0.25) is 0 Å². The Morgan fingerprint density at radius 2 is 2.40 bits per heavy atom. The molecule has 1 aliphatic rings. The molecule has 0 radical (unpaired) electrons. The lowest BCUT2D eigenvalue weighted by Gasteiger charge is -2.27. The Morgan fingerprint density at radius 3 is 3.07 bits per heavy atom. The summed E-state index contributed by atoms with van der Waals surface area (Å²) in [5.74, 6) is 0.145. The van der Waals surface area contributed by atoms with Crippen LogP contribution in [0.1, 0.15) is 0 Å². The number of piperazine rings is 1. The maximum atomic E-state index is 11.7. The van der Waals surface area contributed by atoms with Crippen LogP contribution in [-0.2, 0) is 4.79 Å². The highest BCUT2D eigenvalue weighted by Crippen LogP contribution is 2.09. The van der Waals surface area contributed by atoms with Gasteiger partial charge in [-0.2, -0.15) is 0 Å². The van der Waals surface area contributed by atoms with Crippen molar-refractivity contribution in [3.63, 3.8) is 0 Å². The number of nitrogens with one attached hydrogen (secondary N) is 2. The van der Waals surface area contributed by atoms with E-state index in [0.717, 1.165) is 31.3 Å². The van der Waals surface area contributed by atoms with Crippen molar-refractivity contribution in [2.24, 2.45) is 0 Å². The van der Waals surface area contributed by atoms with E-state index in [2.05, 4.69) is 15.6 Å². The minimum Gasteiger partial charge on any atom is -0.352 e. The zero-order chi connectivity index (χ0) is 10.5. The zero-order valence-corrected chi connectivity index (χ0v) is 9.22. The third kappa shape index (κ3) is 2.90. The van der Waals surface area contributed by atoms with Gasteiger partial charge in [-0.25, -0.2) is 4.98 Å². The van der Waals surface area contributed by atoms with Crippen LogP contribution < -0.4 is 10.6 Å². The summed E-state index contributed by atoms with van der Waals surface area (Å²) in [6.45, 7) is 3.73. The summed E-state index contributed by atoms with van der Waals surface area (Å²) < 4.78 is 0. The number of aromatic nitrogens is 1. The van der Waals surface area contributed by atoms with Crippen LogP contribution in [0, 0.1) is 0 Å². The number of nitrogens with zero attached hydrogens (tertiary/aromatic N) is 2. The molecule has 1 aliphatic heterocycles. The summed E-state index contributed by atoms with van der Waals surface area (Å²) in [7, 11) is 0. The van der Waals surface area contributed by atoms with Gasteiger partial charge in [0.05, 0.1) is 6.54 Å². The van der Waals surface area contributed by atoms with Crippen LogP contribution in [0.3, 0.4) is 0 Å². The van der Waals surface area contributed by atoms with Crippen LogP contribution in [0.5, 0.6) is 0 Å². The molecular weight excluding hydrogens is 212 g/mol. The number of hydrogen-bond acceptors (Lipinski definition) is 5. The lowest BCUT2D eigenvalue weighted by molar-refractivity contribution is -0.129. The number of carbonyl (C=O) groups is 1. The molecular formula is C9H14N4OS. The van der Waals surface area contributed by atoms with Gasteiger partial charge in [0.25, 0.3) is 0 Å². The summed E-state index contributed by atoms with van der Waals surface area (Å²) >= 11 is 1.51. The maximum Gasteiger partial charge on any atom is 0.242 e. The molecule has 82 valence electrons. The van der Waals surface area contributed by atoms with Gasteiger partial charge < -0.3 is 15.5 Å². The Bertz CT molecular complexity index is 308. The van der Waals surface area contributed by atoms with Crippen molar-refractivity contribution in [1.82, 2.24) is 15.2 Å². The second-order valence-electron chi connectivity index (χ2n) is 3.32. The molecule has 1 saturated heterocycles. The molecule has 0 spiro atoms. The van der Waals surface area contributed by atoms with Gasteiger partial charge in [0, 0.05) is 37.8 Å². The molecule has 15 heavy (non-hydrogen) atoms. The number of amides is 1. The van der Waals surface area contributed by atoms with Crippen LogP contribution in [0.25, 0.3) is 0 Å². The normalized spacial score (nSPS) is 16.4. The summed E-state index contributed by atoms with van der Waals surface area (Å²) in [6.07, 6.45) is 1.72. The third-order valence-corrected chi connectivity index (χ3v) is 3.02. The van der Waals surface area contributed by atoms with E-state index in [1.165, 1.54) is 11.3 Å². The molecule has 0 aromatic carbocycles. The van der Waals surface area contributed by atoms with E-state index in [-0.39, 0.29) is 5.91 Å². The lowest BCUT2D eigenvalue weighted by atomic mass is 10.3. The van der Waals surface area contributed by atoms with Gasteiger partial charge in [0.1, 0.15) is 0 Å². The fourth-order valence-corrected chi connectivity index (χ4v) is 2.02. The maximum absolute atomic E-state index is 11.7. The molecule has 2 N–H and O–H groups in total. The Balaban J connectivity index is 1.76. The Hall–Kier alpha value is -1.14. The first kappa shape index (κ1) is 10.4. The van der Waals surface area contributed by atoms with Crippen molar-refractivity contribution >= 4 is 22.4 Å². The van der Waals surface area contributed by atoms with E-state index in [0.29, 0.717) is 6.54 Å². The van der Waals surface area contributed by atoms with Crippen molar-refractivity contribution in [3.05, 3.63) is 11.6 Å². The minimum atomic E-state index is 0.145. The average molecular weight is 226 g/mol. The molecule has 0 unspecified atom stereocenters. The van der Waals surface area contributed by atoms with E-state index >= 15 is 0 Å². The van der Waals surface area contributed by atoms with Gasteiger partial charge in [0.15, 0.2) is 5.13 Å². The van der Waals surface area contributed by atoms with Gasteiger partial charge >= 0.3 is 0 Å². The molecule has 6 heteroatoms. The molecule has 1 fully saturated rings. The summed E-state index contributed by atoms with van der Waals surface area (Å²) in [6, 6.07) is 0. The summed E-state index contributed by atoms with van der Waals surface area (Å²) in [5.41, 5.74) is 0. The largest absolute Gasteiger partial charge is 0.352 e. The molecule has 0 bridgehead atoms. The van der Waals surface area contributed by atoms with Crippen molar-refractivity contribution in [1.29, 1.82) is 0 Å². The Morgan fingerprint density at radius 1 is 1.60 bits per heavy atom. The molecule has 2 heterocycles. The Kier molecular flexibility index (Phi) is 3.52. The van der Waals surface area contributed by atoms with E-state index in [4.69, 9.17) is 0 Å². The molecule has 2 rings (SSSR count). The predicted molar refractivity (Wildman–Crippen MR) is 60.1 cm³/mol. The highest BCUT2D eigenvalue weighted by Gasteiger charge is 2.15. The fourth-order valence-electron chi connectivity index (χ4n) is 1.49. The number of thiazole rings is 1. The molecule has 1 aromatic heterocycles. The second kappa shape index (κ2) is 5.09. The standard InChI is InChI=1S/C9H14N4OS/c14-8(13-4-1-10-2-5-13)7-12-9-11-3-6-15-9/h3,6,10H,1-2,4-5,7H2,(H,11,12). The summed E-state index contributed by atoms with van der Waals surface area (Å²) in [4.78, 5) is 17.6. The molecule has 5 nitrogen and oxygen atoms in total. The van der Waals surface area contributed by atoms with E-state index in [1.807, 2.05) is 10.3 Å². The van der Waals surface area contributed by atoms with E-state index < -0.39 is 0 Å². The van der Waals surface area contributed by atoms with Crippen LogP contribution in [-0.4, -0.2) is 48.5 Å². The van der Waals surface area contributed by atoms with Gasteiger partial charge in [-0.15, -0.1) is 11.3 Å². The molecule has 0 saturated carbocycles. The second-order valence-corrected chi connectivity index (χ2v) is 4.22. The zero-order valence-electron chi connectivity index (χ0n) is 8.40. The van der Waals surface area contributed by atoms with Gasteiger partial charge in [-0.05, 0) is 0 Å². The first-order chi connectivity index (χ1) is 7.36. The van der Waals surface area contributed by atoms with E-state index in [1.54, 1.807) is 6.20 Å². The number of anilines is 1. The Labute approximate surface area is 92.5 Å². The summed E-state index contributed by atoms with van der Waals surface area (Å²) in [5, 5.41) is 8.92. The van der Waals surface area contributed by atoms with Crippen molar-refractivity contribution < 1.29 is 4.79 Å². The lowest BCUT2D eigenvalue weighted by Crippen LogP contribution is -2.48. The molecule has 0 aliphatic carbocycles. The first-order valence-electron chi connectivity index (χ1n) is 4.98. The third-order valence-electron chi connectivity index (χ3n) is 2.29. The van der Waals surface area contributed by atoms with Crippen molar-refractivity contribution in [2.75, 3.05) is 38.0 Å². The van der Waals surface area contributed by atoms with Gasteiger partial charge in [0.2, 0.25) is 5.91 Å². The highest BCUT2D eigenvalue weighted by molar-refractivity contribution is 7.13. The molecule has 1 aromatic rings. The molecule has 0 atom stereocenters. The quantitative estimate of drug-likeness (QED) is 0.761. The number of carbonyl (C=O) groups excluding carboxylic acids is 1. The van der Waals surface area contributed by atoms with Crippen LogP contribution in [0.15, 0.2) is 11.6 Å². The van der Waals surface area contributed by atoms with Crippen LogP contribution >= 0.6 is 11.3 Å². The highest BCUT2D eigenvalue weighted by atomic mass is 32.1. The van der Waals surface area contributed by atoms with Gasteiger partial charge in [-0.3, -0.25) is 4.79 Å². The predicted octanol–water partition coefficient (Wildman–Crippen LogP) is -0.0132. The number of hydrogen-bond donors (Lipinski definition) is 2. The average Bonchev–Trinajstić information content (AvgIpc) is 2.80. The minimum absolute atomic E-state index is 0.145. The monoisotopic (exact) mass is 226 g/mol. The smallest absolute Gasteiger partial charge is 0.242 e. The SMILES string of the molecule is O=C(CNc1nccs1)N1CCNCC1.